The van der Waals surface area contributed by atoms with E-state index in [1.165, 1.54) is 146 Å². The fourth-order valence-corrected chi connectivity index (χ4v) is 13.1. The van der Waals surface area contributed by atoms with Crippen molar-refractivity contribution < 1.29 is 23.9 Å². The number of nitrogens with zero attached hydrogens (tertiary/aromatic N) is 3. The Morgan fingerprint density at radius 3 is 1.52 bits per heavy atom. The molecule has 0 spiro atoms. The molecule has 0 aliphatic rings. The van der Waals surface area contributed by atoms with Crippen molar-refractivity contribution in [1.29, 1.82) is 0 Å². The van der Waals surface area contributed by atoms with Crippen LogP contribution in [0.1, 0.15) is 294 Å². The van der Waals surface area contributed by atoms with Gasteiger partial charge in [-0.3, -0.25) is 18.7 Å². The van der Waals surface area contributed by atoms with Crippen molar-refractivity contribution in [2.75, 3.05) is 70.0 Å². The van der Waals surface area contributed by atoms with Crippen molar-refractivity contribution in [2.45, 2.75) is 295 Å². The molecule has 2 aromatic heterocycles. The van der Waals surface area contributed by atoms with E-state index >= 15 is 0 Å². The number of nitrogens with one attached hydrogen (secondary N) is 7. The summed E-state index contributed by atoms with van der Waals surface area (Å²) < 4.78 is 15.1. The second-order valence-electron chi connectivity index (χ2n) is 25.1. The zero-order chi connectivity index (χ0) is 62.9. The van der Waals surface area contributed by atoms with Gasteiger partial charge in [0.1, 0.15) is 11.6 Å². The van der Waals surface area contributed by atoms with Gasteiger partial charge in [-0.25, -0.2) is 4.79 Å². The fourth-order valence-electron chi connectivity index (χ4n) is 11.8. The Balaban J connectivity index is 1.58. The number of H-pyrrole nitrogens is 1. The maximum absolute atomic E-state index is 13.9. The van der Waals surface area contributed by atoms with E-state index in [9.17, 15) is 28.7 Å². The molecule has 2 amide bonds. The first-order valence-corrected chi connectivity index (χ1v) is 37.1. The van der Waals surface area contributed by atoms with E-state index in [0.717, 1.165) is 115 Å². The number of aromatic nitrogens is 4. The molecule has 2 heterocycles. The molecule has 0 saturated heterocycles. The van der Waals surface area contributed by atoms with Gasteiger partial charge in [0.05, 0.1) is 11.7 Å². The van der Waals surface area contributed by atoms with Crippen molar-refractivity contribution in [3.05, 3.63) is 45.9 Å². The smallest absolute Gasteiger partial charge is 0.331 e. The molecule has 0 saturated carbocycles. The van der Waals surface area contributed by atoms with E-state index in [0.29, 0.717) is 87.5 Å². The lowest BCUT2D eigenvalue weighted by Crippen LogP contribution is -2.47. The molecule has 1 atom stereocenters. The molecule has 0 fully saturated rings. The zero-order valence-corrected chi connectivity index (χ0v) is 56.1. The van der Waals surface area contributed by atoms with Crippen molar-refractivity contribution in [2.24, 2.45) is 5.73 Å². The zero-order valence-electron chi connectivity index (χ0n) is 55.2. The molecule has 18 nitrogen and oxygen atoms in total. The summed E-state index contributed by atoms with van der Waals surface area (Å²) in [6.07, 6.45) is 43.9. The van der Waals surface area contributed by atoms with Crippen LogP contribution in [0.3, 0.4) is 0 Å². The van der Waals surface area contributed by atoms with Crippen LogP contribution in [0, 0.1) is 0 Å². The van der Waals surface area contributed by atoms with E-state index in [1.807, 2.05) is 0 Å². The van der Waals surface area contributed by atoms with Crippen LogP contribution in [0.25, 0.3) is 11.2 Å². The molecule has 500 valence electrons. The number of carbonyl (C=O) groups is 2. The van der Waals surface area contributed by atoms with Gasteiger partial charge in [-0.15, -0.1) is 0 Å². The minimum Gasteiger partial charge on any atom is -0.382 e. The summed E-state index contributed by atoms with van der Waals surface area (Å²) in [6, 6.07) is 6.20. The second kappa shape index (κ2) is 49.8. The highest BCUT2D eigenvalue weighted by Crippen LogP contribution is 2.58. The molecular formula is C68H127N12O6P. The van der Waals surface area contributed by atoms with Gasteiger partial charge >= 0.3 is 13.3 Å². The SMILES string of the molecule is CCCCCCCCCCCCCCCCC(CCCCCCCCCCCCCCCC)(CCNCCCC[C@H](NC(=O)c1ccc(Cn2c(=O)[nH]c3c(N)nc(NCCCC)nc32)cc1)C(=O)NCCCNCCCCNCCCN)P(=O)(O)O. The number of fused-ring (bicyclic) bond motifs is 1. The Kier molecular flexibility index (Phi) is 44.3. The van der Waals surface area contributed by atoms with E-state index in [-0.39, 0.29) is 29.9 Å². The molecule has 0 bridgehead atoms. The van der Waals surface area contributed by atoms with Crippen LogP contribution in [0.4, 0.5) is 11.8 Å². The van der Waals surface area contributed by atoms with Crippen LogP contribution >= 0.6 is 7.60 Å². The third kappa shape index (κ3) is 34.8. The van der Waals surface area contributed by atoms with Crippen molar-refractivity contribution >= 4 is 42.3 Å². The molecule has 0 radical (unpaired) electrons. The number of benzene rings is 1. The van der Waals surface area contributed by atoms with E-state index in [1.54, 1.807) is 24.3 Å². The maximum atomic E-state index is 13.9. The number of hydrogen-bond donors (Lipinski definition) is 11. The van der Waals surface area contributed by atoms with Gasteiger partial charge in [-0.05, 0) is 134 Å². The van der Waals surface area contributed by atoms with Crippen LogP contribution in [0.2, 0.25) is 0 Å². The number of carbonyl (C=O) groups excluding carboxylic acids is 2. The lowest BCUT2D eigenvalue weighted by atomic mass is 9.90. The van der Waals surface area contributed by atoms with Crippen LogP contribution in [-0.2, 0) is 15.9 Å². The van der Waals surface area contributed by atoms with Crippen LogP contribution in [-0.4, -0.2) is 111 Å². The highest BCUT2D eigenvalue weighted by Gasteiger charge is 2.45. The number of nitrogen functional groups attached to an aromatic ring is 1. The molecule has 87 heavy (non-hydrogen) atoms. The van der Waals surface area contributed by atoms with Gasteiger partial charge in [-0.2, -0.15) is 9.97 Å². The maximum Gasteiger partial charge on any atom is 0.331 e. The van der Waals surface area contributed by atoms with Crippen LogP contribution in [0.15, 0.2) is 29.1 Å². The van der Waals surface area contributed by atoms with Gasteiger partial charge in [-0.1, -0.05) is 219 Å². The number of rotatable bonds is 60. The van der Waals surface area contributed by atoms with Gasteiger partial charge in [0.25, 0.3) is 5.91 Å². The first-order chi connectivity index (χ1) is 42.4. The summed E-state index contributed by atoms with van der Waals surface area (Å²) in [5, 5.41) is 18.6. The van der Waals surface area contributed by atoms with Crippen molar-refractivity contribution in [1.82, 2.24) is 46.1 Å². The Morgan fingerprint density at radius 1 is 0.563 bits per heavy atom. The number of imidazole rings is 1. The summed E-state index contributed by atoms with van der Waals surface area (Å²) in [5.41, 5.74) is 13.3. The molecule has 0 aliphatic heterocycles. The summed E-state index contributed by atoms with van der Waals surface area (Å²) >= 11 is 0. The molecule has 13 N–H and O–H groups in total. The molecule has 0 unspecified atom stereocenters. The number of unbranched alkanes of at least 4 members (excludes halogenated alkanes) is 29. The third-order valence-electron chi connectivity index (χ3n) is 17.5. The van der Waals surface area contributed by atoms with Gasteiger partial charge in [0.15, 0.2) is 11.5 Å². The summed E-state index contributed by atoms with van der Waals surface area (Å²) in [7, 11) is -4.42. The van der Waals surface area contributed by atoms with E-state index in [4.69, 9.17) is 11.5 Å². The molecule has 0 aliphatic carbocycles. The predicted molar refractivity (Wildman–Crippen MR) is 365 cm³/mol. The summed E-state index contributed by atoms with van der Waals surface area (Å²) in [6.45, 7) is 13.4. The fraction of sp³-hybridized carbons (Fsp3) is 0.809. The average Bonchev–Trinajstić information content (AvgIpc) is 1.89. The highest BCUT2D eigenvalue weighted by molar-refractivity contribution is 7.53. The molecule has 3 rings (SSSR count). The molecule has 1 aromatic carbocycles. The summed E-state index contributed by atoms with van der Waals surface area (Å²) in [5.74, 6) is -0.0847. The second-order valence-corrected chi connectivity index (χ2v) is 27.1. The number of nitrogens with two attached hydrogens (primary N) is 2. The van der Waals surface area contributed by atoms with Gasteiger partial charge < -0.3 is 58.1 Å². The number of hydrogen-bond acceptors (Lipinski definition) is 12. The Bertz CT molecular complexity index is 2260. The van der Waals surface area contributed by atoms with Crippen molar-refractivity contribution in [3.8, 4) is 0 Å². The standard InChI is InChI=1S/C68H127N12O6P/c1-4-7-10-12-14-16-18-20-22-24-26-28-30-33-45-68(87(84,85)86,46-34-31-29-27-25-23-21-19-17-15-13-11-8-5-2)47-56-73-49-35-32-40-60(65(82)74-55-39-53-72-51-37-36-50-71-52-38-48-69)76-64(81)59-43-41-58(42-44-59)57-80-63-61(77-67(80)83)62(70)78-66(79-63)75-54-9-6-3/h41-44,60,71-73H,4-40,45-57,69H2,1-3H3,(H,74,82)(H,76,81)(H,77,83)(H2,84,85,86)(H3,70,75,78,79)/t60-/m0/s1. The van der Waals surface area contributed by atoms with Crippen molar-refractivity contribution in [3.63, 3.8) is 0 Å². The molecular weight excluding hydrogens is 1110 g/mol. The Hall–Kier alpha value is -3.90. The number of amides is 2. The molecule has 3 aromatic rings. The average molecular weight is 1240 g/mol. The Morgan fingerprint density at radius 2 is 1.02 bits per heavy atom. The van der Waals surface area contributed by atoms with Gasteiger partial charge in [0, 0.05) is 18.7 Å². The lowest BCUT2D eigenvalue weighted by molar-refractivity contribution is -0.123. The topological polar surface area (TPSA) is 279 Å². The normalized spacial score (nSPS) is 12.3. The number of aromatic amines is 1. The van der Waals surface area contributed by atoms with E-state index in [2.05, 4.69) is 67.6 Å². The van der Waals surface area contributed by atoms with Crippen LogP contribution in [0.5, 0.6) is 0 Å². The first-order valence-electron chi connectivity index (χ1n) is 35.4. The lowest BCUT2D eigenvalue weighted by Gasteiger charge is -2.35. The van der Waals surface area contributed by atoms with Crippen LogP contribution < -0.4 is 49.1 Å². The minimum atomic E-state index is -4.42. The Labute approximate surface area is 527 Å². The third-order valence-corrected chi connectivity index (χ3v) is 19.4. The van der Waals surface area contributed by atoms with E-state index < -0.39 is 18.8 Å². The quantitative estimate of drug-likeness (QED) is 0.0185. The predicted octanol–water partition coefficient (Wildman–Crippen LogP) is 13.7. The monoisotopic (exact) mass is 1240 g/mol. The summed E-state index contributed by atoms with van der Waals surface area (Å²) in [4.78, 5) is 74.8. The first kappa shape index (κ1) is 77.3. The molecule has 19 heteroatoms. The minimum absolute atomic E-state index is 0.179. The highest BCUT2D eigenvalue weighted by atomic mass is 31.2. The van der Waals surface area contributed by atoms with Gasteiger partial charge in [0.2, 0.25) is 11.9 Å². The number of anilines is 2. The largest absolute Gasteiger partial charge is 0.382 e.